The van der Waals surface area contributed by atoms with Gasteiger partial charge in [-0.3, -0.25) is 4.79 Å². The SMILES string of the molecule is CCN(CC)S(=O)(=O)c1cccc(C(=O)N(C)[C@H](C)c2ccccc2)c1. The molecule has 1 atom stereocenters. The number of nitrogens with zero attached hydrogens (tertiary/aromatic N) is 2. The minimum atomic E-state index is -3.59. The average molecular weight is 375 g/mol. The minimum absolute atomic E-state index is 0.119. The molecule has 0 aliphatic carbocycles. The van der Waals surface area contributed by atoms with Crippen molar-refractivity contribution in [2.45, 2.75) is 31.7 Å². The first kappa shape index (κ1) is 20.1. The highest BCUT2D eigenvalue weighted by atomic mass is 32.2. The lowest BCUT2D eigenvalue weighted by Gasteiger charge is -2.26. The summed E-state index contributed by atoms with van der Waals surface area (Å²) in [5.74, 6) is -0.210. The lowest BCUT2D eigenvalue weighted by molar-refractivity contribution is 0.0742. The van der Waals surface area contributed by atoms with Gasteiger partial charge in [-0.25, -0.2) is 8.42 Å². The third-order valence-electron chi connectivity index (χ3n) is 4.61. The van der Waals surface area contributed by atoms with E-state index in [1.165, 1.54) is 16.4 Å². The summed E-state index contributed by atoms with van der Waals surface area (Å²) in [5.41, 5.74) is 1.39. The molecule has 0 unspecified atom stereocenters. The van der Waals surface area contributed by atoms with Crippen LogP contribution in [0.2, 0.25) is 0 Å². The fourth-order valence-electron chi connectivity index (χ4n) is 2.84. The Morgan fingerprint density at radius 1 is 1.00 bits per heavy atom. The van der Waals surface area contributed by atoms with Crippen LogP contribution in [0.4, 0.5) is 0 Å². The highest BCUT2D eigenvalue weighted by molar-refractivity contribution is 7.89. The summed E-state index contributed by atoms with van der Waals surface area (Å²) >= 11 is 0. The second-order valence-electron chi connectivity index (χ2n) is 6.12. The van der Waals surface area contributed by atoms with E-state index in [9.17, 15) is 13.2 Å². The standard InChI is InChI=1S/C20H26N2O3S/c1-5-22(6-2)26(24,25)19-14-10-13-18(15-19)20(23)21(4)16(3)17-11-8-7-9-12-17/h7-16H,5-6H2,1-4H3/t16-/m1/s1. The number of carbonyl (C=O) groups excluding carboxylic acids is 1. The topological polar surface area (TPSA) is 57.7 Å². The quantitative estimate of drug-likeness (QED) is 0.745. The molecule has 2 aromatic rings. The summed E-state index contributed by atoms with van der Waals surface area (Å²) in [6, 6.07) is 15.9. The number of rotatable bonds is 7. The van der Waals surface area contributed by atoms with Gasteiger partial charge in [0, 0.05) is 25.7 Å². The Labute approximate surface area is 156 Å². The Morgan fingerprint density at radius 2 is 1.62 bits per heavy atom. The lowest BCUT2D eigenvalue weighted by atomic mass is 10.1. The zero-order valence-electron chi connectivity index (χ0n) is 15.7. The third kappa shape index (κ3) is 4.14. The third-order valence-corrected chi connectivity index (χ3v) is 6.65. The number of benzene rings is 2. The Balaban J connectivity index is 2.31. The van der Waals surface area contributed by atoms with Crippen molar-refractivity contribution in [1.29, 1.82) is 0 Å². The second-order valence-corrected chi connectivity index (χ2v) is 8.06. The molecule has 0 saturated carbocycles. The van der Waals surface area contributed by atoms with Gasteiger partial charge in [0.05, 0.1) is 10.9 Å². The molecule has 0 saturated heterocycles. The lowest BCUT2D eigenvalue weighted by Crippen LogP contribution is -2.32. The predicted octanol–water partition coefficient (Wildman–Crippen LogP) is 3.55. The Morgan fingerprint density at radius 3 is 2.19 bits per heavy atom. The molecule has 0 aliphatic heterocycles. The Bertz CT molecular complexity index is 846. The normalized spacial score (nSPS) is 12.8. The Hall–Kier alpha value is -2.18. The van der Waals surface area contributed by atoms with E-state index in [0.717, 1.165) is 5.56 Å². The molecule has 0 N–H and O–H groups in total. The van der Waals surface area contributed by atoms with Gasteiger partial charge in [-0.05, 0) is 30.7 Å². The average Bonchev–Trinajstić information content (AvgIpc) is 2.67. The van der Waals surface area contributed by atoms with E-state index in [2.05, 4.69) is 0 Å². The van der Waals surface area contributed by atoms with Gasteiger partial charge in [-0.2, -0.15) is 4.31 Å². The predicted molar refractivity (Wildman–Crippen MR) is 103 cm³/mol. The van der Waals surface area contributed by atoms with Gasteiger partial charge in [0.1, 0.15) is 0 Å². The highest BCUT2D eigenvalue weighted by Gasteiger charge is 2.24. The van der Waals surface area contributed by atoms with Crippen LogP contribution in [-0.4, -0.2) is 43.7 Å². The van der Waals surface area contributed by atoms with Crippen molar-refractivity contribution in [3.05, 3.63) is 65.7 Å². The summed E-state index contributed by atoms with van der Waals surface area (Å²) in [4.78, 5) is 14.6. The fourth-order valence-corrected chi connectivity index (χ4v) is 4.34. The van der Waals surface area contributed by atoms with Crippen LogP contribution in [0.1, 0.15) is 42.7 Å². The van der Waals surface area contributed by atoms with E-state index in [-0.39, 0.29) is 16.8 Å². The maximum atomic E-state index is 12.9. The smallest absolute Gasteiger partial charge is 0.254 e. The highest BCUT2D eigenvalue weighted by Crippen LogP contribution is 2.22. The number of hydrogen-bond donors (Lipinski definition) is 0. The van der Waals surface area contributed by atoms with E-state index < -0.39 is 10.0 Å². The van der Waals surface area contributed by atoms with E-state index in [0.29, 0.717) is 18.7 Å². The minimum Gasteiger partial charge on any atom is -0.335 e. The van der Waals surface area contributed by atoms with Crippen molar-refractivity contribution in [2.24, 2.45) is 0 Å². The maximum absolute atomic E-state index is 12.9. The van der Waals surface area contributed by atoms with Crippen LogP contribution >= 0.6 is 0 Å². The first-order valence-corrected chi connectivity index (χ1v) is 10.2. The molecule has 1 amide bonds. The summed E-state index contributed by atoms with van der Waals surface area (Å²) in [5, 5.41) is 0. The van der Waals surface area contributed by atoms with Crippen LogP contribution in [0.5, 0.6) is 0 Å². The van der Waals surface area contributed by atoms with Gasteiger partial charge in [0.2, 0.25) is 10.0 Å². The van der Waals surface area contributed by atoms with E-state index >= 15 is 0 Å². The molecule has 0 fully saturated rings. The van der Waals surface area contributed by atoms with Crippen LogP contribution in [0.15, 0.2) is 59.5 Å². The van der Waals surface area contributed by atoms with Gasteiger partial charge in [-0.15, -0.1) is 0 Å². The van der Waals surface area contributed by atoms with Crippen molar-refractivity contribution in [1.82, 2.24) is 9.21 Å². The van der Waals surface area contributed by atoms with Crippen LogP contribution in [0, 0.1) is 0 Å². The van der Waals surface area contributed by atoms with E-state index in [1.807, 2.05) is 37.3 Å². The molecule has 0 aliphatic rings. The van der Waals surface area contributed by atoms with Crippen molar-refractivity contribution in [3.8, 4) is 0 Å². The van der Waals surface area contributed by atoms with Crippen molar-refractivity contribution >= 4 is 15.9 Å². The molecule has 0 radical (unpaired) electrons. The van der Waals surface area contributed by atoms with Gasteiger partial charge < -0.3 is 4.90 Å². The molecule has 6 heteroatoms. The van der Waals surface area contributed by atoms with E-state index in [4.69, 9.17) is 0 Å². The molecule has 0 heterocycles. The number of amides is 1. The summed E-state index contributed by atoms with van der Waals surface area (Å²) in [6.07, 6.45) is 0. The van der Waals surface area contributed by atoms with Crippen LogP contribution < -0.4 is 0 Å². The maximum Gasteiger partial charge on any atom is 0.254 e. The van der Waals surface area contributed by atoms with Crippen LogP contribution in [0.25, 0.3) is 0 Å². The number of hydrogen-bond acceptors (Lipinski definition) is 3. The molecule has 0 aromatic heterocycles. The van der Waals surface area contributed by atoms with Crippen molar-refractivity contribution in [3.63, 3.8) is 0 Å². The zero-order chi connectivity index (χ0) is 19.3. The Kier molecular flexibility index (Phi) is 6.56. The first-order valence-electron chi connectivity index (χ1n) is 8.75. The number of carbonyl (C=O) groups is 1. The molecule has 2 aromatic carbocycles. The van der Waals surface area contributed by atoms with Crippen molar-refractivity contribution < 1.29 is 13.2 Å². The molecule has 0 bridgehead atoms. The molecule has 0 spiro atoms. The second kappa shape index (κ2) is 8.47. The summed E-state index contributed by atoms with van der Waals surface area (Å²) in [7, 11) is -1.86. The molecular weight excluding hydrogens is 348 g/mol. The summed E-state index contributed by atoms with van der Waals surface area (Å²) < 4.78 is 26.8. The molecule has 5 nitrogen and oxygen atoms in total. The number of sulfonamides is 1. The van der Waals surface area contributed by atoms with Crippen molar-refractivity contribution in [2.75, 3.05) is 20.1 Å². The van der Waals surface area contributed by atoms with Crippen LogP contribution in [0.3, 0.4) is 0 Å². The molecule has 26 heavy (non-hydrogen) atoms. The van der Waals surface area contributed by atoms with E-state index in [1.54, 1.807) is 37.9 Å². The monoisotopic (exact) mass is 374 g/mol. The largest absolute Gasteiger partial charge is 0.335 e. The van der Waals surface area contributed by atoms with Gasteiger partial charge in [0.15, 0.2) is 0 Å². The van der Waals surface area contributed by atoms with Gasteiger partial charge in [-0.1, -0.05) is 50.2 Å². The van der Waals surface area contributed by atoms with Gasteiger partial charge >= 0.3 is 0 Å². The first-order chi connectivity index (χ1) is 12.3. The summed E-state index contributed by atoms with van der Waals surface area (Å²) in [6.45, 7) is 6.32. The molecule has 2 rings (SSSR count). The fraction of sp³-hybridized carbons (Fsp3) is 0.350. The molecule has 140 valence electrons. The zero-order valence-corrected chi connectivity index (χ0v) is 16.5. The van der Waals surface area contributed by atoms with Gasteiger partial charge in [0.25, 0.3) is 5.91 Å². The molecular formula is C20H26N2O3S. The van der Waals surface area contributed by atoms with Crippen LogP contribution in [-0.2, 0) is 10.0 Å².